The van der Waals surface area contributed by atoms with Crippen LogP contribution < -0.4 is 9.80 Å². The summed E-state index contributed by atoms with van der Waals surface area (Å²) in [7, 11) is 0. The van der Waals surface area contributed by atoms with Crippen molar-refractivity contribution in [3.05, 3.63) is 126 Å². The molecule has 1 heterocycles. The number of benzene rings is 3. The molecule has 4 aromatic rings. The van der Waals surface area contributed by atoms with E-state index in [1.807, 2.05) is 35.2 Å². The summed E-state index contributed by atoms with van der Waals surface area (Å²) in [4.78, 5) is 22.5. The van der Waals surface area contributed by atoms with Crippen LogP contribution in [0.1, 0.15) is 49.9 Å². The largest absolute Gasteiger partial charge is 0.363 e. The van der Waals surface area contributed by atoms with Crippen LogP contribution in [0, 0.1) is 0 Å². The van der Waals surface area contributed by atoms with E-state index in [0.29, 0.717) is 12.2 Å². The van der Waals surface area contributed by atoms with Crippen molar-refractivity contribution < 1.29 is 4.79 Å². The fourth-order valence-corrected chi connectivity index (χ4v) is 4.74. The van der Waals surface area contributed by atoms with Crippen LogP contribution in [0.15, 0.2) is 103 Å². The number of anilines is 2. The topological polar surface area (TPSA) is 36.4 Å². The smallest absolute Gasteiger partial charge is 0.233 e. The van der Waals surface area contributed by atoms with E-state index >= 15 is 0 Å². The molecule has 0 saturated carbocycles. The highest BCUT2D eigenvalue weighted by Gasteiger charge is 2.29. The standard InChI is InChI=1S/C33H37N3O/c1-5-28-19-20-30(35(24-26-14-8-6-9-15-26)25-27-16-10-7-11-17-27)22-29(28)23-32(37)36(33(2,3)4)31-18-12-13-21-34-31/h6-22H,5,23-25H2,1-4H3. The molecule has 0 spiro atoms. The van der Waals surface area contributed by atoms with E-state index < -0.39 is 0 Å². The van der Waals surface area contributed by atoms with Gasteiger partial charge in [0.05, 0.1) is 6.42 Å². The van der Waals surface area contributed by atoms with E-state index in [0.717, 1.165) is 30.8 Å². The Morgan fingerprint density at radius 3 is 1.86 bits per heavy atom. The summed E-state index contributed by atoms with van der Waals surface area (Å²) in [6.45, 7) is 9.89. The molecule has 0 radical (unpaired) electrons. The van der Waals surface area contributed by atoms with Crippen LogP contribution in [-0.4, -0.2) is 16.4 Å². The Hall–Kier alpha value is -3.92. The zero-order valence-corrected chi connectivity index (χ0v) is 22.4. The minimum Gasteiger partial charge on any atom is -0.363 e. The van der Waals surface area contributed by atoms with E-state index in [1.165, 1.54) is 16.7 Å². The lowest BCUT2D eigenvalue weighted by Crippen LogP contribution is -2.47. The summed E-state index contributed by atoms with van der Waals surface area (Å²) >= 11 is 0. The second-order valence-electron chi connectivity index (χ2n) is 10.4. The summed E-state index contributed by atoms with van der Waals surface area (Å²) in [6.07, 6.45) is 2.94. The van der Waals surface area contributed by atoms with Gasteiger partial charge in [0, 0.05) is 30.5 Å². The molecule has 4 rings (SSSR count). The summed E-state index contributed by atoms with van der Waals surface area (Å²) in [5.41, 5.74) is 5.51. The highest BCUT2D eigenvalue weighted by molar-refractivity contribution is 5.95. The zero-order valence-electron chi connectivity index (χ0n) is 22.4. The van der Waals surface area contributed by atoms with Crippen LogP contribution in [-0.2, 0) is 30.7 Å². The first-order valence-electron chi connectivity index (χ1n) is 13.0. The first-order chi connectivity index (χ1) is 17.8. The van der Waals surface area contributed by atoms with Crippen LogP contribution in [0.5, 0.6) is 0 Å². The Morgan fingerprint density at radius 1 is 0.757 bits per heavy atom. The van der Waals surface area contributed by atoms with Crippen molar-refractivity contribution in [2.75, 3.05) is 9.80 Å². The monoisotopic (exact) mass is 491 g/mol. The SMILES string of the molecule is CCc1ccc(N(Cc2ccccc2)Cc2ccccc2)cc1CC(=O)N(c1ccccn1)C(C)(C)C. The number of aryl methyl sites for hydroxylation is 1. The molecule has 37 heavy (non-hydrogen) atoms. The Morgan fingerprint density at radius 2 is 1.35 bits per heavy atom. The van der Waals surface area contributed by atoms with Crippen LogP contribution in [0.4, 0.5) is 11.5 Å². The second-order valence-corrected chi connectivity index (χ2v) is 10.4. The van der Waals surface area contributed by atoms with Gasteiger partial charge in [0.15, 0.2) is 0 Å². The first kappa shape index (κ1) is 26.2. The molecule has 1 aromatic heterocycles. The number of rotatable bonds is 9. The van der Waals surface area contributed by atoms with Gasteiger partial charge >= 0.3 is 0 Å². The summed E-state index contributed by atoms with van der Waals surface area (Å²) in [5, 5.41) is 0. The van der Waals surface area contributed by atoms with Crippen LogP contribution in [0.25, 0.3) is 0 Å². The van der Waals surface area contributed by atoms with E-state index in [1.54, 1.807) is 6.20 Å². The Balaban J connectivity index is 1.67. The van der Waals surface area contributed by atoms with Gasteiger partial charge in [-0.15, -0.1) is 0 Å². The number of nitrogens with zero attached hydrogens (tertiary/aromatic N) is 3. The lowest BCUT2D eigenvalue weighted by atomic mass is 9.98. The quantitative estimate of drug-likeness (QED) is 0.248. The molecule has 4 nitrogen and oxygen atoms in total. The fourth-order valence-electron chi connectivity index (χ4n) is 4.74. The predicted octanol–water partition coefficient (Wildman–Crippen LogP) is 7.23. The number of carbonyl (C=O) groups excluding carboxylic acids is 1. The Kier molecular flexibility index (Phi) is 8.39. The van der Waals surface area contributed by atoms with Crippen molar-refractivity contribution in [3.63, 3.8) is 0 Å². The number of hydrogen-bond donors (Lipinski definition) is 0. The molecule has 0 fully saturated rings. The lowest BCUT2D eigenvalue weighted by Gasteiger charge is -2.35. The normalized spacial score (nSPS) is 11.2. The van der Waals surface area contributed by atoms with Gasteiger partial charge in [0.2, 0.25) is 5.91 Å². The van der Waals surface area contributed by atoms with Crippen LogP contribution >= 0.6 is 0 Å². The van der Waals surface area contributed by atoms with E-state index in [-0.39, 0.29) is 11.4 Å². The van der Waals surface area contributed by atoms with Crippen molar-refractivity contribution in [1.29, 1.82) is 0 Å². The van der Waals surface area contributed by atoms with Gasteiger partial charge < -0.3 is 4.90 Å². The molecule has 0 unspecified atom stereocenters. The van der Waals surface area contributed by atoms with Crippen molar-refractivity contribution in [2.24, 2.45) is 0 Å². The molecule has 1 amide bonds. The van der Waals surface area contributed by atoms with Crippen molar-refractivity contribution in [3.8, 4) is 0 Å². The highest BCUT2D eigenvalue weighted by Crippen LogP contribution is 2.27. The Labute approximate surface area is 221 Å². The third-order valence-electron chi connectivity index (χ3n) is 6.51. The molecule has 0 N–H and O–H groups in total. The van der Waals surface area contributed by atoms with Crippen molar-refractivity contribution in [1.82, 2.24) is 4.98 Å². The van der Waals surface area contributed by atoms with Gasteiger partial charge in [-0.2, -0.15) is 0 Å². The maximum absolute atomic E-state index is 13.8. The molecular formula is C33H37N3O. The molecule has 0 saturated heterocycles. The Bertz CT molecular complexity index is 1240. The fraction of sp³-hybridized carbons (Fsp3) is 0.273. The van der Waals surface area contributed by atoms with E-state index in [4.69, 9.17) is 0 Å². The third-order valence-corrected chi connectivity index (χ3v) is 6.51. The maximum Gasteiger partial charge on any atom is 0.233 e. The van der Waals surface area contributed by atoms with Gasteiger partial charge in [0.1, 0.15) is 5.82 Å². The lowest BCUT2D eigenvalue weighted by molar-refractivity contribution is -0.119. The van der Waals surface area contributed by atoms with Gasteiger partial charge in [-0.05, 0) is 73.7 Å². The molecule has 0 aliphatic heterocycles. The van der Waals surface area contributed by atoms with Gasteiger partial charge in [-0.25, -0.2) is 4.98 Å². The van der Waals surface area contributed by atoms with Crippen molar-refractivity contribution in [2.45, 2.75) is 59.2 Å². The molecule has 0 atom stereocenters. The van der Waals surface area contributed by atoms with Gasteiger partial charge in [-0.1, -0.05) is 79.7 Å². The molecular weight excluding hydrogens is 454 g/mol. The number of pyridine rings is 1. The molecule has 0 aliphatic rings. The molecule has 0 aliphatic carbocycles. The third kappa shape index (κ3) is 6.85. The molecule has 4 heteroatoms. The maximum atomic E-state index is 13.8. The van der Waals surface area contributed by atoms with E-state index in [9.17, 15) is 4.79 Å². The zero-order chi connectivity index (χ0) is 26.3. The molecule has 190 valence electrons. The van der Waals surface area contributed by atoms with Crippen LogP contribution in [0.3, 0.4) is 0 Å². The summed E-state index contributed by atoms with van der Waals surface area (Å²) < 4.78 is 0. The number of carbonyl (C=O) groups is 1. The van der Waals surface area contributed by atoms with E-state index in [2.05, 4.69) is 104 Å². The predicted molar refractivity (Wildman–Crippen MR) is 154 cm³/mol. The van der Waals surface area contributed by atoms with Crippen molar-refractivity contribution >= 4 is 17.4 Å². The van der Waals surface area contributed by atoms with Crippen LogP contribution in [0.2, 0.25) is 0 Å². The number of aromatic nitrogens is 1. The minimum atomic E-state index is -0.387. The second kappa shape index (κ2) is 11.9. The van der Waals surface area contributed by atoms with Gasteiger partial charge in [0.25, 0.3) is 0 Å². The average molecular weight is 492 g/mol. The first-order valence-corrected chi connectivity index (χ1v) is 13.0. The number of amides is 1. The average Bonchev–Trinajstić information content (AvgIpc) is 2.89. The van der Waals surface area contributed by atoms with Gasteiger partial charge in [-0.3, -0.25) is 9.69 Å². The minimum absolute atomic E-state index is 0.0516. The number of hydrogen-bond acceptors (Lipinski definition) is 3. The molecule has 3 aromatic carbocycles. The molecule has 0 bridgehead atoms. The highest BCUT2D eigenvalue weighted by atomic mass is 16.2. The summed E-state index contributed by atoms with van der Waals surface area (Å²) in [5.74, 6) is 0.736. The summed E-state index contributed by atoms with van der Waals surface area (Å²) in [6, 6.07) is 33.4.